The predicted octanol–water partition coefficient (Wildman–Crippen LogP) is 0.716. The van der Waals surface area contributed by atoms with E-state index in [9.17, 15) is 0 Å². The summed E-state index contributed by atoms with van der Waals surface area (Å²) < 4.78 is 5.88. The van der Waals surface area contributed by atoms with Gasteiger partial charge in [0.25, 0.3) is 0 Å². The molecule has 0 heterocycles. The molecular weight excluding hydrogens is 218 g/mol. The number of likely N-dealkylation sites (N-methyl/N-ethyl adjacent to an activating group) is 1. The standard InChI is InChI=1S/C11H29N3OSi/c1-6-10(3)13-16(14-11(4)7-2)15-9-8-12-5/h10-14,16H,6-9H2,1-5H3. The van der Waals surface area contributed by atoms with Crippen molar-refractivity contribution in [3.05, 3.63) is 0 Å². The second-order valence-corrected chi connectivity index (χ2v) is 6.07. The van der Waals surface area contributed by atoms with E-state index in [-0.39, 0.29) is 0 Å². The number of hydrogen-bond acceptors (Lipinski definition) is 4. The minimum absolute atomic E-state index is 0.530. The van der Waals surface area contributed by atoms with E-state index in [1.165, 1.54) is 0 Å². The van der Waals surface area contributed by atoms with Crippen LogP contribution in [0, 0.1) is 0 Å². The van der Waals surface area contributed by atoms with Crippen LogP contribution in [-0.2, 0) is 4.43 Å². The Bertz CT molecular complexity index is 148. The molecule has 0 radical (unpaired) electrons. The highest BCUT2D eigenvalue weighted by Crippen LogP contribution is 1.93. The Morgan fingerprint density at radius 2 is 1.56 bits per heavy atom. The van der Waals surface area contributed by atoms with Gasteiger partial charge in [0.05, 0.1) is 0 Å². The molecule has 0 aromatic carbocycles. The molecule has 0 saturated carbocycles. The smallest absolute Gasteiger partial charge is 0.335 e. The number of hydrogen-bond donors (Lipinski definition) is 3. The van der Waals surface area contributed by atoms with Crippen LogP contribution in [0.15, 0.2) is 0 Å². The highest BCUT2D eigenvalue weighted by molar-refractivity contribution is 6.46. The first kappa shape index (κ1) is 16.1. The minimum Gasteiger partial charge on any atom is -0.393 e. The largest absolute Gasteiger partial charge is 0.393 e. The van der Waals surface area contributed by atoms with E-state index < -0.39 is 9.36 Å². The van der Waals surface area contributed by atoms with Gasteiger partial charge >= 0.3 is 9.36 Å². The first-order valence-corrected chi connectivity index (χ1v) is 8.04. The average Bonchev–Trinajstić information content (AvgIpc) is 2.28. The molecule has 0 aliphatic heterocycles. The molecule has 0 saturated heterocycles. The zero-order chi connectivity index (χ0) is 12.4. The van der Waals surface area contributed by atoms with Crippen LogP contribution in [0.1, 0.15) is 40.5 Å². The molecule has 4 nitrogen and oxygen atoms in total. The molecule has 5 heteroatoms. The number of rotatable bonds is 10. The van der Waals surface area contributed by atoms with Crippen molar-refractivity contribution < 1.29 is 4.43 Å². The zero-order valence-corrected chi connectivity index (χ0v) is 12.6. The zero-order valence-electron chi connectivity index (χ0n) is 11.5. The molecule has 0 bridgehead atoms. The van der Waals surface area contributed by atoms with Gasteiger partial charge in [0.15, 0.2) is 0 Å². The Morgan fingerprint density at radius 3 is 1.94 bits per heavy atom. The lowest BCUT2D eigenvalue weighted by Gasteiger charge is -2.24. The van der Waals surface area contributed by atoms with E-state index in [2.05, 4.69) is 43.0 Å². The summed E-state index contributed by atoms with van der Waals surface area (Å²) >= 11 is 0. The maximum absolute atomic E-state index is 5.88. The van der Waals surface area contributed by atoms with Crippen molar-refractivity contribution in [2.24, 2.45) is 0 Å². The van der Waals surface area contributed by atoms with Gasteiger partial charge in [-0.3, -0.25) is 0 Å². The van der Waals surface area contributed by atoms with Crippen molar-refractivity contribution in [1.82, 2.24) is 15.3 Å². The van der Waals surface area contributed by atoms with E-state index >= 15 is 0 Å². The van der Waals surface area contributed by atoms with Crippen molar-refractivity contribution in [1.29, 1.82) is 0 Å². The summed E-state index contributed by atoms with van der Waals surface area (Å²) in [6, 6.07) is 1.06. The van der Waals surface area contributed by atoms with Crippen molar-refractivity contribution in [2.45, 2.75) is 52.6 Å². The summed E-state index contributed by atoms with van der Waals surface area (Å²) in [4.78, 5) is 7.14. The van der Waals surface area contributed by atoms with E-state index in [1.54, 1.807) is 0 Å². The van der Waals surface area contributed by atoms with E-state index in [0.29, 0.717) is 12.1 Å². The van der Waals surface area contributed by atoms with E-state index in [4.69, 9.17) is 4.43 Å². The lowest BCUT2D eigenvalue weighted by molar-refractivity contribution is 0.293. The monoisotopic (exact) mass is 247 g/mol. The SMILES string of the molecule is CCC(C)N[SiH](NC(C)CC)OCCNC. The fourth-order valence-electron chi connectivity index (χ4n) is 1.18. The second kappa shape index (κ2) is 10.2. The molecule has 2 unspecified atom stereocenters. The topological polar surface area (TPSA) is 45.3 Å². The van der Waals surface area contributed by atoms with Crippen LogP contribution in [0.25, 0.3) is 0 Å². The van der Waals surface area contributed by atoms with E-state index in [0.717, 1.165) is 26.0 Å². The van der Waals surface area contributed by atoms with Crippen molar-refractivity contribution >= 4 is 9.36 Å². The molecule has 0 fully saturated rings. The Balaban J connectivity index is 3.94. The normalized spacial score (nSPS) is 17.1. The third-order valence-corrected chi connectivity index (χ3v) is 5.05. The maximum Gasteiger partial charge on any atom is 0.335 e. The van der Waals surface area contributed by atoms with Gasteiger partial charge in [-0.05, 0) is 19.9 Å². The van der Waals surface area contributed by atoms with Crippen LogP contribution < -0.4 is 15.3 Å². The molecule has 98 valence electrons. The van der Waals surface area contributed by atoms with Gasteiger partial charge in [0.1, 0.15) is 0 Å². The van der Waals surface area contributed by atoms with Gasteiger partial charge in [-0.2, -0.15) is 0 Å². The van der Waals surface area contributed by atoms with Gasteiger partial charge in [0, 0.05) is 25.2 Å². The maximum atomic E-state index is 5.88. The summed E-state index contributed by atoms with van der Waals surface area (Å²) in [5, 5.41) is 3.10. The molecule has 3 N–H and O–H groups in total. The summed E-state index contributed by atoms with van der Waals surface area (Å²) in [6.45, 7) is 10.5. The van der Waals surface area contributed by atoms with Crippen LogP contribution in [-0.4, -0.2) is 41.6 Å². The minimum atomic E-state index is -1.46. The van der Waals surface area contributed by atoms with Crippen molar-refractivity contribution in [3.63, 3.8) is 0 Å². The van der Waals surface area contributed by atoms with Crippen LogP contribution in [0.4, 0.5) is 0 Å². The van der Waals surface area contributed by atoms with Gasteiger partial charge in [0.2, 0.25) is 0 Å². The first-order chi connectivity index (χ1) is 7.63. The fraction of sp³-hybridized carbons (Fsp3) is 1.00. The highest BCUT2D eigenvalue weighted by atomic mass is 28.3. The third kappa shape index (κ3) is 8.24. The van der Waals surface area contributed by atoms with Gasteiger partial charge in [-0.15, -0.1) is 0 Å². The fourth-order valence-corrected chi connectivity index (χ4v) is 3.32. The van der Waals surface area contributed by atoms with Crippen LogP contribution in [0.5, 0.6) is 0 Å². The lowest BCUT2D eigenvalue weighted by Crippen LogP contribution is -2.56. The average molecular weight is 247 g/mol. The Labute approximate surface area is 102 Å². The molecule has 0 rings (SSSR count). The number of nitrogens with one attached hydrogen (secondary N) is 3. The molecule has 0 spiro atoms. The Kier molecular flexibility index (Phi) is 10.3. The Hall–Kier alpha value is 0.0569. The van der Waals surface area contributed by atoms with Gasteiger partial charge in [-0.1, -0.05) is 27.7 Å². The van der Waals surface area contributed by atoms with Crippen LogP contribution in [0.2, 0.25) is 0 Å². The summed E-state index contributed by atoms with van der Waals surface area (Å²) in [5.74, 6) is 0. The molecular formula is C11H29N3OSi. The molecule has 0 amide bonds. The van der Waals surface area contributed by atoms with Crippen molar-refractivity contribution in [3.8, 4) is 0 Å². The van der Waals surface area contributed by atoms with Gasteiger partial charge in [-0.25, -0.2) is 0 Å². The molecule has 16 heavy (non-hydrogen) atoms. The second-order valence-electron chi connectivity index (χ2n) is 4.31. The van der Waals surface area contributed by atoms with Crippen LogP contribution >= 0.6 is 0 Å². The molecule has 0 aliphatic carbocycles. The third-order valence-electron chi connectivity index (χ3n) is 2.73. The quantitative estimate of drug-likeness (QED) is 0.393. The summed E-state index contributed by atoms with van der Waals surface area (Å²) in [6.07, 6.45) is 2.28. The highest BCUT2D eigenvalue weighted by Gasteiger charge is 2.16. The Morgan fingerprint density at radius 1 is 1.06 bits per heavy atom. The van der Waals surface area contributed by atoms with Crippen molar-refractivity contribution in [2.75, 3.05) is 20.2 Å². The summed E-state index contributed by atoms with van der Waals surface area (Å²) in [5.41, 5.74) is 0. The van der Waals surface area contributed by atoms with Gasteiger partial charge < -0.3 is 19.7 Å². The lowest BCUT2D eigenvalue weighted by atomic mass is 10.3. The predicted molar refractivity (Wildman–Crippen MR) is 72.8 cm³/mol. The molecule has 0 aromatic rings. The first-order valence-electron chi connectivity index (χ1n) is 6.42. The van der Waals surface area contributed by atoms with E-state index in [1.807, 2.05) is 7.05 Å². The molecule has 0 aromatic heterocycles. The molecule has 0 aliphatic rings. The summed E-state index contributed by atoms with van der Waals surface area (Å²) in [7, 11) is 0.492. The molecule has 2 atom stereocenters. The van der Waals surface area contributed by atoms with Crippen LogP contribution in [0.3, 0.4) is 0 Å².